The highest BCUT2D eigenvalue weighted by atomic mass is 15.1. The molecule has 1 saturated carbocycles. The van der Waals surface area contributed by atoms with Crippen LogP contribution in [0.1, 0.15) is 63.8 Å². The SMILES string of the molecule is CNc1nc(C(C)C)nc(NCC2(C)CCCC2)c1C. The highest BCUT2D eigenvalue weighted by molar-refractivity contribution is 5.57. The predicted molar refractivity (Wildman–Crippen MR) is 85.5 cm³/mol. The highest BCUT2D eigenvalue weighted by Crippen LogP contribution is 2.37. The number of rotatable bonds is 5. The zero-order chi connectivity index (χ0) is 14.8. The lowest BCUT2D eigenvalue weighted by molar-refractivity contribution is 0.361. The Hall–Kier alpha value is -1.32. The molecule has 1 fully saturated rings. The Kier molecular flexibility index (Phi) is 4.51. The van der Waals surface area contributed by atoms with Gasteiger partial charge in [0.2, 0.25) is 0 Å². The van der Waals surface area contributed by atoms with Gasteiger partial charge >= 0.3 is 0 Å². The molecule has 0 bridgehead atoms. The first-order valence-corrected chi connectivity index (χ1v) is 7.75. The summed E-state index contributed by atoms with van der Waals surface area (Å²) >= 11 is 0. The number of anilines is 2. The summed E-state index contributed by atoms with van der Waals surface area (Å²) in [5, 5.41) is 6.75. The quantitative estimate of drug-likeness (QED) is 0.855. The molecular weight excluding hydrogens is 248 g/mol. The van der Waals surface area contributed by atoms with Crippen LogP contribution >= 0.6 is 0 Å². The molecule has 1 aliphatic rings. The number of nitrogens with one attached hydrogen (secondary N) is 2. The summed E-state index contributed by atoms with van der Waals surface area (Å²) in [4.78, 5) is 9.30. The molecule has 2 N–H and O–H groups in total. The predicted octanol–water partition coefficient (Wildman–Crippen LogP) is 3.94. The van der Waals surface area contributed by atoms with Crippen LogP contribution < -0.4 is 10.6 Å². The fourth-order valence-corrected chi connectivity index (χ4v) is 2.91. The van der Waals surface area contributed by atoms with Crippen LogP contribution in [0, 0.1) is 12.3 Å². The van der Waals surface area contributed by atoms with Gasteiger partial charge in [-0.2, -0.15) is 0 Å². The van der Waals surface area contributed by atoms with E-state index in [-0.39, 0.29) is 0 Å². The van der Waals surface area contributed by atoms with Gasteiger partial charge in [0, 0.05) is 25.1 Å². The summed E-state index contributed by atoms with van der Waals surface area (Å²) in [6.45, 7) is 9.73. The lowest BCUT2D eigenvalue weighted by Crippen LogP contribution is -2.24. The van der Waals surface area contributed by atoms with Gasteiger partial charge in [-0.25, -0.2) is 9.97 Å². The van der Waals surface area contributed by atoms with Gasteiger partial charge in [0.15, 0.2) is 0 Å². The standard InChI is InChI=1S/C16H28N4/c1-11(2)13-19-14(17-5)12(3)15(20-13)18-10-16(4)8-6-7-9-16/h11H,6-10H2,1-5H3,(H2,17,18,19,20). The van der Waals surface area contributed by atoms with Crippen LogP contribution in [0.25, 0.3) is 0 Å². The van der Waals surface area contributed by atoms with Crippen molar-refractivity contribution < 1.29 is 0 Å². The number of hydrogen-bond donors (Lipinski definition) is 2. The number of nitrogens with zero attached hydrogens (tertiary/aromatic N) is 2. The molecule has 112 valence electrons. The number of aromatic nitrogens is 2. The molecule has 0 aromatic carbocycles. The van der Waals surface area contributed by atoms with Gasteiger partial charge in [0.1, 0.15) is 17.5 Å². The summed E-state index contributed by atoms with van der Waals surface area (Å²) in [6.07, 6.45) is 5.36. The van der Waals surface area contributed by atoms with Crippen LogP contribution in [-0.4, -0.2) is 23.6 Å². The van der Waals surface area contributed by atoms with Crippen molar-refractivity contribution in [1.82, 2.24) is 9.97 Å². The van der Waals surface area contributed by atoms with E-state index in [4.69, 9.17) is 4.98 Å². The van der Waals surface area contributed by atoms with E-state index in [9.17, 15) is 0 Å². The Bertz CT molecular complexity index is 462. The van der Waals surface area contributed by atoms with Crippen molar-refractivity contribution in [2.45, 2.75) is 59.3 Å². The molecule has 1 heterocycles. The molecule has 20 heavy (non-hydrogen) atoms. The normalized spacial score (nSPS) is 17.5. The molecule has 0 radical (unpaired) electrons. The minimum Gasteiger partial charge on any atom is -0.373 e. The van der Waals surface area contributed by atoms with Crippen LogP contribution in [0.15, 0.2) is 0 Å². The van der Waals surface area contributed by atoms with Crippen LogP contribution in [0.5, 0.6) is 0 Å². The topological polar surface area (TPSA) is 49.8 Å². The average molecular weight is 276 g/mol. The zero-order valence-electron chi connectivity index (χ0n) is 13.5. The molecule has 1 aromatic rings. The summed E-state index contributed by atoms with van der Waals surface area (Å²) < 4.78 is 0. The minimum absolute atomic E-state index is 0.338. The van der Waals surface area contributed by atoms with Crippen LogP contribution in [0.4, 0.5) is 11.6 Å². The maximum atomic E-state index is 4.71. The first-order chi connectivity index (χ1) is 9.45. The molecule has 1 aliphatic carbocycles. The minimum atomic E-state index is 0.338. The molecule has 0 saturated heterocycles. The van der Waals surface area contributed by atoms with Gasteiger partial charge in [-0.15, -0.1) is 0 Å². The molecular formula is C16H28N4. The van der Waals surface area contributed by atoms with Crippen molar-refractivity contribution in [3.63, 3.8) is 0 Å². The van der Waals surface area contributed by atoms with E-state index in [1.54, 1.807) is 0 Å². The lowest BCUT2D eigenvalue weighted by atomic mass is 9.89. The van der Waals surface area contributed by atoms with Gasteiger partial charge in [-0.1, -0.05) is 33.6 Å². The van der Waals surface area contributed by atoms with E-state index in [0.717, 1.165) is 29.6 Å². The smallest absolute Gasteiger partial charge is 0.135 e. The second-order valence-electron chi connectivity index (χ2n) is 6.68. The van der Waals surface area contributed by atoms with Gasteiger partial charge in [0.05, 0.1) is 0 Å². The van der Waals surface area contributed by atoms with E-state index < -0.39 is 0 Å². The molecule has 4 nitrogen and oxygen atoms in total. The van der Waals surface area contributed by atoms with E-state index in [2.05, 4.69) is 43.3 Å². The third-order valence-electron chi connectivity index (χ3n) is 4.41. The molecule has 2 rings (SSSR count). The maximum Gasteiger partial charge on any atom is 0.135 e. The summed E-state index contributed by atoms with van der Waals surface area (Å²) in [5.41, 5.74) is 1.54. The fraction of sp³-hybridized carbons (Fsp3) is 0.750. The third kappa shape index (κ3) is 3.22. The Labute approximate surface area is 122 Å². The lowest BCUT2D eigenvalue weighted by Gasteiger charge is -2.25. The van der Waals surface area contributed by atoms with Gasteiger partial charge in [-0.3, -0.25) is 0 Å². The second kappa shape index (κ2) is 5.98. The maximum absolute atomic E-state index is 4.71. The highest BCUT2D eigenvalue weighted by Gasteiger charge is 2.28. The van der Waals surface area contributed by atoms with Crippen LogP contribution in [0.3, 0.4) is 0 Å². The zero-order valence-corrected chi connectivity index (χ0v) is 13.5. The van der Waals surface area contributed by atoms with Crippen molar-refractivity contribution in [2.24, 2.45) is 5.41 Å². The molecule has 1 aromatic heterocycles. The van der Waals surface area contributed by atoms with Crippen molar-refractivity contribution in [3.8, 4) is 0 Å². The Morgan fingerprint density at radius 3 is 2.30 bits per heavy atom. The van der Waals surface area contributed by atoms with Crippen LogP contribution in [-0.2, 0) is 0 Å². The molecule has 0 atom stereocenters. The van der Waals surface area contributed by atoms with Crippen molar-refractivity contribution in [2.75, 3.05) is 24.2 Å². The Morgan fingerprint density at radius 2 is 1.75 bits per heavy atom. The molecule has 0 aliphatic heterocycles. The third-order valence-corrected chi connectivity index (χ3v) is 4.41. The Morgan fingerprint density at radius 1 is 1.15 bits per heavy atom. The largest absolute Gasteiger partial charge is 0.373 e. The Balaban J connectivity index is 2.19. The van der Waals surface area contributed by atoms with E-state index >= 15 is 0 Å². The summed E-state index contributed by atoms with van der Waals surface area (Å²) in [7, 11) is 1.92. The molecule has 0 unspecified atom stereocenters. The fourth-order valence-electron chi connectivity index (χ4n) is 2.91. The van der Waals surface area contributed by atoms with E-state index in [1.807, 2.05) is 7.05 Å². The van der Waals surface area contributed by atoms with Gasteiger partial charge in [-0.05, 0) is 25.2 Å². The molecule has 4 heteroatoms. The van der Waals surface area contributed by atoms with Crippen molar-refractivity contribution >= 4 is 11.6 Å². The molecule has 0 amide bonds. The monoisotopic (exact) mass is 276 g/mol. The van der Waals surface area contributed by atoms with Crippen molar-refractivity contribution in [1.29, 1.82) is 0 Å². The summed E-state index contributed by atoms with van der Waals surface area (Å²) in [5.74, 6) is 3.16. The van der Waals surface area contributed by atoms with E-state index in [0.29, 0.717) is 11.3 Å². The second-order valence-corrected chi connectivity index (χ2v) is 6.68. The van der Waals surface area contributed by atoms with Gasteiger partial charge in [0.25, 0.3) is 0 Å². The van der Waals surface area contributed by atoms with Crippen molar-refractivity contribution in [3.05, 3.63) is 11.4 Å². The van der Waals surface area contributed by atoms with Gasteiger partial charge < -0.3 is 10.6 Å². The summed E-state index contributed by atoms with van der Waals surface area (Å²) in [6, 6.07) is 0. The average Bonchev–Trinajstić information content (AvgIpc) is 2.84. The first-order valence-electron chi connectivity index (χ1n) is 7.75. The van der Waals surface area contributed by atoms with Crippen LogP contribution in [0.2, 0.25) is 0 Å². The molecule has 0 spiro atoms. The number of hydrogen-bond acceptors (Lipinski definition) is 4. The first kappa shape index (κ1) is 15.1. The van der Waals surface area contributed by atoms with E-state index in [1.165, 1.54) is 25.7 Å².